The molecule has 8 nitrogen and oxygen atoms in total. The summed E-state index contributed by atoms with van der Waals surface area (Å²) in [6, 6.07) is 13.7. The van der Waals surface area contributed by atoms with E-state index < -0.39 is 6.04 Å². The molecule has 9 heteroatoms. The van der Waals surface area contributed by atoms with Crippen LogP contribution in [0.1, 0.15) is 28.6 Å². The maximum Gasteiger partial charge on any atom is 0.253 e. The van der Waals surface area contributed by atoms with Gasteiger partial charge >= 0.3 is 0 Å². The van der Waals surface area contributed by atoms with Crippen molar-refractivity contribution in [3.8, 4) is 0 Å². The largest absolute Gasteiger partial charge is 0.379 e. The number of para-hydroxylation sites is 1. The number of nitrogens with one attached hydrogen (secondary N) is 1. The number of hydrogen-bond acceptors (Lipinski definition) is 6. The summed E-state index contributed by atoms with van der Waals surface area (Å²) in [7, 11) is 0. The highest BCUT2D eigenvalue weighted by Gasteiger charge is 2.31. The number of H-pyrrole nitrogens is 1. The molecular formula is C23H23FN6O2. The summed E-state index contributed by atoms with van der Waals surface area (Å²) in [6.45, 7) is 4.79. The number of nitrogens with zero attached hydrogens (tertiary/aromatic N) is 5. The number of ether oxygens (including phenoxy) is 1. The number of halogens is 1. The molecule has 1 aliphatic heterocycles. The van der Waals surface area contributed by atoms with Crippen LogP contribution in [0.25, 0.3) is 10.9 Å². The fourth-order valence-corrected chi connectivity index (χ4v) is 4.22. The average Bonchev–Trinajstić information content (AvgIpc) is 3.25. The second-order valence-corrected chi connectivity index (χ2v) is 7.97. The van der Waals surface area contributed by atoms with Gasteiger partial charge in [0.15, 0.2) is 5.82 Å². The first kappa shape index (κ1) is 20.5. The van der Waals surface area contributed by atoms with Gasteiger partial charge in [0.2, 0.25) is 0 Å². The molecule has 1 unspecified atom stereocenters. The van der Waals surface area contributed by atoms with Crippen molar-refractivity contribution in [3.05, 3.63) is 87.2 Å². The van der Waals surface area contributed by atoms with Gasteiger partial charge in [-0.2, -0.15) is 0 Å². The predicted octanol–water partition coefficient (Wildman–Crippen LogP) is 2.43. The van der Waals surface area contributed by atoms with E-state index in [0.717, 1.165) is 22.0 Å². The van der Waals surface area contributed by atoms with Crippen molar-refractivity contribution in [1.82, 2.24) is 30.1 Å². The molecule has 1 fully saturated rings. The summed E-state index contributed by atoms with van der Waals surface area (Å²) in [5.41, 5.74) is 3.12. The van der Waals surface area contributed by atoms with Crippen molar-refractivity contribution in [3.63, 3.8) is 0 Å². The van der Waals surface area contributed by atoms with Gasteiger partial charge in [0.05, 0.1) is 25.3 Å². The Morgan fingerprint density at radius 3 is 2.72 bits per heavy atom. The third-order valence-electron chi connectivity index (χ3n) is 5.87. The fourth-order valence-electron chi connectivity index (χ4n) is 4.22. The lowest BCUT2D eigenvalue weighted by Gasteiger charge is -2.33. The average molecular weight is 434 g/mol. The van der Waals surface area contributed by atoms with Gasteiger partial charge < -0.3 is 9.72 Å². The molecule has 0 spiro atoms. The molecule has 1 N–H and O–H groups in total. The molecule has 2 aromatic heterocycles. The van der Waals surface area contributed by atoms with Gasteiger partial charge in [-0.25, -0.2) is 9.07 Å². The first-order valence-corrected chi connectivity index (χ1v) is 10.5. The lowest BCUT2D eigenvalue weighted by molar-refractivity contribution is 0.0214. The number of aromatic nitrogens is 5. The third-order valence-corrected chi connectivity index (χ3v) is 5.87. The summed E-state index contributed by atoms with van der Waals surface area (Å²) < 4.78 is 20.5. The minimum Gasteiger partial charge on any atom is -0.379 e. The van der Waals surface area contributed by atoms with E-state index in [1.54, 1.807) is 16.8 Å². The van der Waals surface area contributed by atoms with Crippen LogP contribution in [0.5, 0.6) is 0 Å². The fraction of sp³-hybridized carbons (Fsp3) is 0.304. The number of pyridine rings is 1. The van der Waals surface area contributed by atoms with Gasteiger partial charge in [-0.15, -0.1) is 5.10 Å². The van der Waals surface area contributed by atoms with Gasteiger partial charge in [-0.3, -0.25) is 9.69 Å². The van der Waals surface area contributed by atoms with E-state index in [2.05, 4.69) is 25.4 Å². The van der Waals surface area contributed by atoms with E-state index in [1.165, 1.54) is 12.1 Å². The van der Waals surface area contributed by atoms with Crippen LogP contribution in [-0.2, 0) is 11.3 Å². The summed E-state index contributed by atoms with van der Waals surface area (Å²) in [5, 5.41) is 13.3. The monoisotopic (exact) mass is 434 g/mol. The normalized spacial score (nSPS) is 15.8. The maximum absolute atomic E-state index is 13.3. The summed E-state index contributed by atoms with van der Waals surface area (Å²) in [4.78, 5) is 18.5. The number of hydrogen-bond donors (Lipinski definition) is 1. The molecule has 0 bridgehead atoms. The molecule has 5 rings (SSSR count). The molecule has 1 saturated heterocycles. The molecule has 164 valence electrons. The van der Waals surface area contributed by atoms with Crippen LogP contribution in [-0.4, -0.2) is 56.4 Å². The summed E-state index contributed by atoms with van der Waals surface area (Å²) in [5.74, 6) is 0.267. The van der Waals surface area contributed by atoms with Crippen molar-refractivity contribution >= 4 is 10.9 Å². The Morgan fingerprint density at radius 2 is 1.94 bits per heavy atom. The number of aromatic amines is 1. The Morgan fingerprint density at radius 1 is 1.16 bits per heavy atom. The van der Waals surface area contributed by atoms with Crippen molar-refractivity contribution in [2.75, 3.05) is 26.3 Å². The van der Waals surface area contributed by atoms with E-state index in [4.69, 9.17) is 4.74 Å². The lowest BCUT2D eigenvalue weighted by Crippen LogP contribution is -2.42. The first-order valence-electron chi connectivity index (χ1n) is 10.5. The van der Waals surface area contributed by atoms with E-state index in [-0.39, 0.29) is 11.4 Å². The standard InChI is InChI=1S/C23H23FN6O2/c1-15-3-2-4-17-13-19(23(31)25-20(15)17)21(29-9-11-32-12-10-29)22-26-27-28-30(22)14-16-5-7-18(24)8-6-16/h2-8,13,21H,9-12,14H2,1H3,(H,25,31). The Balaban J connectivity index is 1.61. The Hall–Kier alpha value is -3.43. The second kappa shape index (κ2) is 8.60. The number of morpholine rings is 1. The van der Waals surface area contributed by atoms with E-state index >= 15 is 0 Å². The number of fused-ring (bicyclic) bond motifs is 1. The zero-order valence-electron chi connectivity index (χ0n) is 17.7. The highest BCUT2D eigenvalue weighted by atomic mass is 19.1. The second-order valence-electron chi connectivity index (χ2n) is 7.97. The molecule has 1 aliphatic rings. The van der Waals surface area contributed by atoms with Crippen LogP contribution in [0.3, 0.4) is 0 Å². The van der Waals surface area contributed by atoms with Crippen LogP contribution < -0.4 is 5.56 Å². The molecule has 1 atom stereocenters. The van der Waals surface area contributed by atoms with E-state index in [9.17, 15) is 9.18 Å². The lowest BCUT2D eigenvalue weighted by atomic mass is 10.0. The zero-order valence-corrected chi connectivity index (χ0v) is 17.7. The Labute approximate surface area is 183 Å². The molecule has 0 saturated carbocycles. The number of aryl methyl sites for hydroxylation is 1. The van der Waals surface area contributed by atoms with Crippen molar-refractivity contribution in [1.29, 1.82) is 0 Å². The summed E-state index contributed by atoms with van der Waals surface area (Å²) >= 11 is 0. The van der Waals surface area contributed by atoms with E-state index in [1.807, 2.05) is 31.2 Å². The highest BCUT2D eigenvalue weighted by Crippen LogP contribution is 2.28. The minimum atomic E-state index is -0.442. The first-order chi connectivity index (χ1) is 15.6. The maximum atomic E-state index is 13.3. The number of tetrazole rings is 1. The van der Waals surface area contributed by atoms with Crippen LogP contribution in [0.4, 0.5) is 4.39 Å². The Kier molecular flexibility index (Phi) is 5.50. The smallest absolute Gasteiger partial charge is 0.253 e. The quantitative estimate of drug-likeness (QED) is 0.519. The molecule has 0 aliphatic carbocycles. The topological polar surface area (TPSA) is 88.9 Å². The summed E-state index contributed by atoms with van der Waals surface area (Å²) in [6.07, 6.45) is 0. The highest BCUT2D eigenvalue weighted by molar-refractivity contribution is 5.82. The number of benzene rings is 2. The molecule has 4 aromatic rings. The Bertz CT molecular complexity index is 1290. The predicted molar refractivity (Wildman–Crippen MR) is 117 cm³/mol. The zero-order chi connectivity index (χ0) is 22.1. The van der Waals surface area contributed by atoms with Crippen LogP contribution in [0.15, 0.2) is 53.3 Å². The SMILES string of the molecule is Cc1cccc2cc(C(c3nnnn3Cc3ccc(F)cc3)N3CCOCC3)c(=O)[nH]c12. The molecule has 32 heavy (non-hydrogen) atoms. The van der Waals surface area contributed by atoms with Crippen LogP contribution >= 0.6 is 0 Å². The van der Waals surface area contributed by atoms with Gasteiger partial charge in [0.1, 0.15) is 11.9 Å². The third kappa shape index (κ3) is 3.92. The van der Waals surface area contributed by atoms with Gasteiger partial charge in [0.25, 0.3) is 5.56 Å². The van der Waals surface area contributed by atoms with Crippen molar-refractivity contribution in [2.24, 2.45) is 0 Å². The van der Waals surface area contributed by atoms with Crippen molar-refractivity contribution in [2.45, 2.75) is 19.5 Å². The molecule has 2 aromatic carbocycles. The molecule has 3 heterocycles. The van der Waals surface area contributed by atoms with E-state index in [0.29, 0.717) is 44.2 Å². The number of rotatable bonds is 5. The molecule has 0 amide bonds. The van der Waals surface area contributed by atoms with Crippen LogP contribution in [0, 0.1) is 12.7 Å². The molecule has 0 radical (unpaired) electrons. The van der Waals surface area contributed by atoms with Crippen molar-refractivity contribution < 1.29 is 9.13 Å². The minimum absolute atomic E-state index is 0.167. The molecular weight excluding hydrogens is 411 g/mol. The van der Waals surface area contributed by atoms with Gasteiger partial charge in [-0.1, -0.05) is 30.3 Å². The van der Waals surface area contributed by atoms with Gasteiger partial charge in [-0.05, 0) is 52.1 Å². The van der Waals surface area contributed by atoms with Crippen LogP contribution in [0.2, 0.25) is 0 Å². The van der Waals surface area contributed by atoms with Gasteiger partial charge in [0, 0.05) is 18.7 Å².